The van der Waals surface area contributed by atoms with E-state index in [1.807, 2.05) is 24.3 Å². The highest BCUT2D eigenvalue weighted by Crippen LogP contribution is 2.12. The van der Waals surface area contributed by atoms with Gasteiger partial charge in [0.15, 0.2) is 5.65 Å². The highest BCUT2D eigenvalue weighted by molar-refractivity contribution is 5.83. The van der Waals surface area contributed by atoms with Crippen LogP contribution in [0.25, 0.3) is 22.2 Å². The number of para-hydroxylation sites is 2. The number of benzene rings is 1. The molecule has 3 rings (SSSR count). The molecular weight excluding hydrogens is 202 g/mol. The van der Waals surface area contributed by atoms with Crippen LogP contribution in [-0.2, 0) is 0 Å². The second kappa shape index (κ2) is 3.34. The van der Waals surface area contributed by atoms with E-state index in [1.54, 1.807) is 12.1 Å². The van der Waals surface area contributed by atoms with Crippen molar-refractivity contribution in [1.29, 1.82) is 0 Å². The lowest BCUT2D eigenvalue weighted by molar-refractivity contribution is 1.26. The first-order valence-electron chi connectivity index (χ1n) is 4.87. The van der Waals surface area contributed by atoms with Gasteiger partial charge in [-0.3, -0.25) is 4.79 Å². The maximum absolute atomic E-state index is 11.2. The molecule has 4 nitrogen and oxygen atoms in total. The Balaban J connectivity index is 2.55. The molecule has 76 valence electrons. The fraction of sp³-hybridized carbons (Fsp3) is 0. The largest absolute Gasteiger partial charge is 0.271 e. The summed E-state index contributed by atoms with van der Waals surface area (Å²) in [6.45, 7) is 0. The van der Waals surface area contributed by atoms with Gasteiger partial charge in [-0.15, -0.1) is 0 Å². The lowest BCUT2D eigenvalue weighted by Gasteiger charge is -1.95. The van der Waals surface area contributed by atoms with Crippen molar-refractivity contribution in [2.24, 2.45) is 0 Å². The summed E-state index contributed by atoms with van der Waals surface area (Å²) < 4.78 is 0. The zero-order chi connectivity index (χ0) is 11.0. The molecule has 2 heterocycles. The van der Waals surface area contributed by atoms with E-state index in [2.05, 4.69) is 15.0 Å². The molecule has 0 unspecified atom stereocenters. The highest BCUT2D eigenvalue weighted by atomic mass is 16.1. The van der Waals surface area contributed by atoms with Crippen molar-refractivity contribution in [3.05, 3.63) is 52.8 Å². The van der Waals surface area contributed by atoms with E-state index in [4.69, 9.17) is 0 Å². The van der Waals surface area contributed by atoms with Gasteiger partial charge in [0.1, 0.15) is 5.52 Å². The van der Waals surface area contributed by atoms with Gasteiger partial charge < -0.3 is 0 Å². The van der Waals surface area contributed by atoms with E-state index in [0.29, 0.717) is 11.2 Å². The maximum Gasteiger partial charge on any atom is 0.271 e. The smallest absolute Gasteiger partial charge is 0.267 e. The maximum atomic E-state index is 11.2. The van der Waals surface area contributed by atoms with Crippen LogP contribution in [0.3, 0.4) is 0 Å². The third kappa shape index (κ3) is 1.40. The van der Waals surface area contributed by atoms with E-state index < -0.39 is 0 Å². The molecule has 0 aliphatic carbocycles. The Bertz CT molecular complexity index is 740. The molecule has 16 heavy (non-hydrogen) atoms. The van der Waals surface area contributed by atoms with Crippen LogP contribution in [0, 0.1) is 0 Å². The van der Waals surface area contributed by atoms with Crippen molar-refractivity contribution < 1.29 is 0 Å². The molecule has 0 radical (unpaired) electrons. The minimum atomic E-state index is -0.306. The monoisotopic (exact) mass is 209 g/mol. The third-order valence-corrected chi connectivity index (χ3v) is 2.29. The highest BCUT2D eigenvalue weighted by Gasteiger charge is 2.00. The Morgan fingerprint density at radius 2 is 1.38 bits per heavy atom. The number of rotatable bonds is 0. The van der Waals surface area contributed by atoms with Gasteiger partial charge in [0, 0.05) is 6.07 Å². The van der Waals surface area contributed by atoms with Crippen molar-refractivity contribution in [2.45, 2.75) is 0 Å². The zero-order valence-corrected chi connectivity index (χ0v) is 8.29. The molecule has 0 bridgehead atoms. The molecule has 2 aromatic heterocycles. The molecule has 4 heteroatoms. The van der Waals surface area contributed by atoms with Crippen molar-refractivity contribution >= 4 is 22.2 Å². The lowest BCUT2D eigenvalue weighted by atomic mass is 10.3. The SMILES string of the molecule is O=c1cccc2nc3ccccc3nc2n1. The summed E-state index contributed by atoms with van der Waals surface area (Å²) in [6.07, 6.45) is 0. The van der Waals surface area contributed by atoms with Crippen LogP contribution in [0.4, 0.5) is 0 Å². The molecule has 0 aliphatic rings. The fourth-order valence-electron chi connectivity index (χ4n) is 1.56. The van der Waals surface area contributed by atoms with Crippen molar-refractivity contribution in [1.82, 2.24) is 15.0 Å². The molecule has 0 saturated carbocycles. The van der Waals surface area contributed by atoms with Crippen LogP contribution in [0.1, 0.15) is 0 Å². The molecule has 1 aromatic carbocycles. The molecule has 0 atom stereocenters. The summed E-state index contributed by atoms with van der Waals surface area (Å²) >= 11 is 0. The predicted octanol–water partition coefficient (Wildman–Crippen LogP) is 1.54. The summed E-state index contributed by atoms with van der Waals surface area (Å²) in [6, 6.07) is 12.3. The Labute approximate surface area is 90.6 Å². The first-order chi connectivity index (χ1) is 7.83. The van der Waals surface area contributed by atoms with E-state index in [0.717, 1.165) is 11.0 Å². The normalized spacial score (nSPS) is 10.8. The Morgan fingerprint density at radius 1 is 0.688 bits per heavy atom. The third-order valence-electron chi connectivity index (χ3n) is 2.29. The topological polar surface area (TPSA) is 55.7 Å². The standard InChI is InChI=1S/C12H7N3O/c16-11-7-3-6-10-12(15-11)14-9-5-2-1-4-8(9)13-10/h1-7H. The van der Waals surface area contributed by atoms with Gasteiger partial charge in [0.25, 0.3) is 5.56 Å². The van der Waals surface area contributed by atoms with Crippen LogP contribution in [0.5, 0.6) is 0 Å². The van der Waals surface area contributed by atoms with E-state index >= 15 is 0 Å². The van der Waals surface area contributed by atoms with E-state index in [-0.39, 0.29) is 5.56 Å². The van der Waals surface area contributed by atoms with E-state index in [1.165, 1.54) is 6.07 Å². The number of fused-ring (bicyclic) bond motifs is 2. The van der Waals surface area contributed by atoms with Crippen LogP contribution >= 0.6 is 0 Å². The van der Waals surface area contributed by atoms with Gasteiger partial charge in [0.2, 0.25) is 0 Å². The predicted molar refractivity (Wildman–Crippen MR) is 61.1 cm³/mol. The van der Waals surface area contributed by atoms with Gasteiger partial charge in [-0.05, 0) is 18.2 Å². The zero-order valence-electron chi connectivity index (χ0n) is 8.29. The first kappa shape index (κ1) is 8.91. The average Bonchev–Trinajstić information content (AvgIpc) is 2.46. The van der Waals surface area contributed by atoms with Gasteiger partial charge in [-0.2, -0.15) is 4.98 Å². The quantitative estimate of drug-likeness (QED) is 0.563. The fourth-order valence-corrected chi connectivity index (χ4v) is 1.56. The van der Waals surface area contributed by atoms with Crippen molar-refractivity contribution in [3.8, 4) is 0 Å². The number of nitrogens with zero attached hydrogens (tertiary/aromatic N) is 3. The van der Waals surface area contributed by atoms with Crippen molar-refractivity contribution in [3.63, 3.8) is 0 Å². The minimum Gasteiger partial charge on any atom is -0.267 e. The number of aromatic nitrogens is 3. The molecule has 0 fully saturated rings. The Hall–Kier alpha value is -2.36. The van der Waals surface area contributed by atoms with Gasteiger partial charge in [-0.25, -0.2) is 9.97 Å². The molecule has 0 saturated heterocycles. The first-order valence-corrected chi connectivity index (χ1v) is 4.87. The van der Waals surface area contributed by atoms with Crippen LogP contribution < -0.4 is 5.56 Å². The Kier molecular flexibility index (Phi) is 1.86. The summed E-state index contributed by atoms with van der Waals surface area (Å²) in [5.41, 5.74) is 2.25. The molecule has 3 aromatic rings. The number of hydrogen-bond donors (Lipinski definition) is 0. The Morgan fingerprint density at radius 3 is 2.19 bits per heavy atom. The molecule has 0 spiro atoms. The molecule has 0 amide bonds. The van der Waals surface area contributed by atoms with Gasteiger partial charge in [-0.1, -0.05) is 18.2 Å². The van der Waals surface area contributed by atoms with Crippen LogP contribution in [0.2, 0.25) is 0 Å². The van der Waals surface area contributed by atoms with Crippen molar-refractivity contribution in [2.75, 3.05) is 0 Å². The van der Waals surface area contributed by atoms with Gasteiger partial charge in [0.05, 0.1) is 11.0 Å². The average molecular weight is 209 g/mol. The second-order valence-corrected chi connectivity index (χ2v) is 3.40. The summed E-state index contributed by atoms with van der Waals surface area (Å²) in [4.78, 5) is 23.8. The summed E-state index contributed by atoms with van der Waals surface area (Å²) in [5, 5.41) is 0. The number of hydrogen-bond acceptors (Lipinski definition) is 4. The molecular formula is C12H7N3O. The van der Waals surface area contributed by atoms with Crippen LogP contribution in [-0.4, -0.2) is 15.0 Å². The molecule has 0 N–H and O–H groups in total. The summed E-state index contributed by atoms with van der Waals surface area (Å²) in [7, 11) is 0. The summed E-state index contributed by atoms with van der Waals surface area (Å²) in [5.74, 6) is 0. The minimum absolute atomic E-state index is 0.306. The second-order valence-electron chi connectivity index (χ2n) is 3.40. The van der Waals surface area contributed by atoms with Gasteiger partial charge >= 0.3 is 0 Å². The van der Waals surface area contributed by atoms with Crippen LogP contribution in [0.15, 0.2) is 47.3 Å². The molecule has 0 aliphatic heterocycles. The lowest BCUT2D eigenvalue weighted by Crippen LogP contribution is -1.99. The van der Waals surface area contributed by atoms with E-state index in [9.17, 15) is 4.79 Å².